The topological polar surface area (TPSA) is 22.8 Å². The maximum Gasteiger partial charge on any atom is 0.0963 e. The van der Waals surface area contributed by atoms with Crippen molar-refractivity contribution in [2.24, 2.45) is 17.8 Å². The Morgan fingerprint density at radius 1 is 0.524 bits per heavy atom. The highest BCUT2D eigenvalue weighted by atomic mass is 15.0. The summed E-state index contributed by atoms with van der Waals surface area (Å²) in [6, 6.07) is 38.2. The van der Waals surface area contributed by atoms with Crippen LogP contribution in [0.3, 0.4) is 0 Å². The summed E-state index contributed by atoms with van der Waals surface area (Å²) in [5.74, 6) is 2.82. The first-order valence-corrected chi connectivity index (χ1v) is 15.7. The second kappa shape index (κ2) is 8.35. The fourth-order valence-corrected chi connectivity index (χ4v) is 9.86. The van der Waals surface area contributed by atoms with E-state index in [2.05, 4.69) is 112 Å². The van der Waals surface area contributed by atoms with E-state index in [1.54, 1.807) is 5.56 Å². The van der Waals surface area contributed by atoms with E-state index in [4.69, 9.17) is 4.98 Å². The predicted molar refractivity (Wildman–Crippen MR) is 173 cm³/mol. The molecule has 0 amide bonds. The van der Waals surface area contributed by atoms with Crippen molar-refractivity contribution in [2.75, 3.05) is 0 Å². The van der Waals surface area contributed by atoms with Crippen LogP contribution in [0.5, 0.6) is 0 Å². The van der Waals surface area contributed by atoms with E-state index in [1.807, 2.05) is 6.20 Å². The van der Waals surface area contributed by atoms with Crippen molar-refractivity contribution in [2.45, 2.75) is 43.9 Å². The Labute approximate surface area is 245 Å². The molecule has 11 rings (SSSR count). The molecule has 42 heavy (non-hydrogen) atoms. The Morgan fingerprint density at radius 3 is 1.98 bits per heavy atom. The molecule has 3 nitrogen and oxygen atoms in total. The van der Waals surface area contributed by atoms with Crippen molar-refractivity contribution in [1.29, 1.82) is 0 Å². The van der Waals surface area contributed by atoms with Gasteiger partial charge in [0.1, 0.15) is 0 Å². The van der Waals surface area contributed by atoms with Gasteiger partial charge in [0.2, 0.25) is 0 Å². The van der Waals surface area contributed by atoms with Gasteiger partial charge in [0.05, 0.1) is 27.6 Å². The van der Waals surface area contributed by atoms with Gasteiger partial charge in [-0.3, -0.25) is 4.98 Å². The molecule has 0 spiro atoms. The van der Waals surface area contributed by atoms with Crippen LogP contribution in [-0.4, -0.2) is 14.1 Å². The summed E-state index contributed by atoms with van der Waals surface area (Å²) in [7, 11) is 0. The zero-order chi connectivity index (χ0) is 27.4. The van der Waals surface area contributed by atoms with Crippen molar-refractivity contribution in [3.05, 3.63) is 115 Å². The third-order valence-corrected chi connectivity index (χ3v) is 11.1. The molecule has 7 aromatic rings. The van der Waals surface area contributed by atoms with Crippen molar-refractivity contribution in [3.63, 3.8) is 0 Å². The lowest BCUT2D eigenvalue weighted by molar-refractivity contribution is -0.00512. The molecule has 0 atom stereocenters. The number of pyridine rings is 1. The number of fused-ring (bicyclic) bond motifs is 6. The summed E-state index contributed by atoms with van der Waals surface area (Å²) in [4.78, 5) is 4.97. The van der Waals surface area contributed by atoms with E-state index in [0.29, 0.717) is 5.41 Å². The minimum Gasteiger partial charge on any atom is -0.309 e. The first-order valence-electron chi connectivity index (χ1n) is 15.7. The second-order valence-corrected chi connectivity index (χ2v) is 13.5. The molecule has 4 saturated carbocycles. The van der Waals surface area contributed by atoms with Crippen LogP contribution >= 0.6 is 0 Å². The molecule has 0 radical (unpaired) electrons. The van der Waals surface area contributed by atoms with Crippen LogP contribution in [0, 0.1) is 17.8 Å². The standard InChI is InChI=1S/C39H33N3/c1-2-7-29(8-3-1)41-34-10-5-4-9-31(34)32-21-30(13-15-35(32)41)42-36-14-12-28(20-33(36)38-37(42)11-6-16-40-38)39-22-25-17-26(23-39)19-27(18-25)24-39/h1-16,20-21,25-27H,17-19,22-24H2. The van der Waals surface area contributed by atoms with E-state index in [-0.39, 0.29) is 0 Å². The summed E-state index contributed by atoms with van der Waals surface area (Å²) >= 11 is 0. The van der Waals surface area contributed by atoms with Crippen molar-refractivity contribution >= 4 is 43.7 Å². The highest BCUT2D eigenvalue weighted by molar-refractivity contribution is 6.11. The van der Waals surface area contributed by atoms with Crippen LogP contribution < -0.4 is 0 Å². The van der Waals surface area contributed by atoms with Gasteiger partial charge in [-0.25, -0.2) is 0 Å². The number of para-hydroxylation sites is 2. The zero-order valence-electron chi connectivity index (χ0n) is 23.7. The van der Waals surface area contributed by atoms with Crippen LogP contribution in [-0.2, 0) is 5.41 Å². The van der Waals surface area contributed by atoms with E-state index >= 15 is 0 Å². The quantitative estimate of drug-likeness (QED) is 0.217. The molecule has 4 aromatic carbocycles. The molecule has 3 aromatic heterocycles. The molecular weight excluding hydrogens is 510 g/mol. The molecule has 0 N–H and O–H groups in total. The first kappa shape index (κ1) is 23.2. The normalized spacial score (nSPS) is 24.9. The number of hydrogen-bond donors (Lipinski definition) is 0. The fourth-order valence-electron chi connectivity index (χ4n) is 9.86. The third kappa shape index (κ3) is 3.14. The largest absolute Gasteiger partial charge is 0.309 e. The van der Waals surface area contributed by atoms with Gasteiger partial charge < -0.3 is 9.13 Å². The molecule has 0 aliphatic heterocycles. The molecule has 3 heterocycles. The van der Waals surface area contributed by atoms with Gasteiger partial charge in [-0.15, -0.1) is 0 Å². The summed E-state index contributed by atoms with van der Waals surface area (Å²) in [6.45, 7) is 0. The van der Waals surface area contributed by atoms with Crippen LogP contribution in [0.15, 0.2) is 109 Å². The van der Waals surface area contributed by atoms with E-state index in [9.17, 15) is 0 Å². The van der Waals surface area contributed by atoms with Crippen LogP contribution in [0.2, 0.25) is 0 Å². The maximum absolute atomic E-state index is 4.97. The van der Waals surface area contributed by atoms with Gasteiger partial charge in [0.25, 0.3) is 0 Å². The second-order valence-electron chi connectivity index (χ2n) is 13.5. The predicted octanol–water partition coefficient (Wildman–Crippen LogP) is 9.74. The Balaban J connectivity index is 1.19. The maximum atomic E-state index is 4.97. The Morgan fingerprint density at radius 2 is 1.17 bits per heavy atom. The van der Waals surface area contributed by atoms with E-state index in [1.165, 1.54) is 88.1 Å². The molecule has 0 unspecified atom stereocenters. The van der Waals surface area contributed by atoms with Crippen LogP contribution in [0.25, 0.3) is 55.1 Å². The van der Waals surface area contributed by atoms with Gasteiger partial charge in [0.15, 0.2) is 0 Å². The molecule has 4 aliphatic carbocycles. The molecule has 4 aliphatic rings. The molecule has 3 heteroatoms. The van der Waals surface area contributed by atoms with Gasteiger partial charge in [-0.2, -0.15) is 0 Å². The van der Waals surface area contributed by atoms with E-state index < -0.39 is 0 Å². The molecule has 0 saturated heterocycles. The SMILES string of the molecule is c1ccc(-n2c3ccccc3c3cc(-n4c5ccc(C67CC8CC(CC(C8)C6)C7)cc5c5ncccc54)ccc32)cc1. The first-order chi connectivity index (χ1) is 20.7. The highest BCUT2D eigenvalue weighted by Crippen LogP contribution is 2.61. The molecule has 4 fully saturated rings. The van der Waals surface area contributed by atoms with Gasteiger partial charge >= 0.3 is 0 Å². The van der Waals surface area contributed by atoms with Crippen molar-refractivity contribution in [3.8, 4) is 11.4 Å². The summed E-state index contributed by atoms with van der Waals surface area (Å²) in [5, 5.41) is 3.85. The van der Waals surface area contributed by atoms with E-state index in [0.717, 1.165) is 23.3 Å². The number of hydrogen-bond acceptors (Lipinski definition) is 1. The molecule has 4 bridgehead atoms. The lowest BCUT2D eigenvalue weighted by Gasteiger charge is -2.57. The lowest BCUT2D eigenvalue weighted by Crippen LogP contribution is -2.48. The Bertz CT molecular complexity index is 2150. The summed E-state index contributed by atoms with van der Waals surface area (Å²) in [6.07, 6.45) is 10.6. The Hall–Kier alpha value is -4.37. The van der Waals surface area contributed by atoms with Crippen molar-refractivity contribution in [1.82, 2.24) is 14.1 Å². The fraction of sp³-hybridized carbons (Fsp3) is 0.256. The summed E-state index contributed by atoms with van der Waals surface area (Å²) in [5.41, 5.74) is 10.3. The highest BCUT2D eigenvalue weighted by Gasteiger charge is 2.51. The summed E-state index contributed by atoms with van der Waals surface area (Å²) < 4.78 is 4.83. The Kier molecular flexibility index (Phi) is 4.62. The minimum absolute atomic E-state index is 0.379. The minimum atomic E-state index is 0.379. The monoisotopic (exact) mass is 543 g/mol. The zero-order valence-corrected chi connectivity index (χ0v) is 23.7. The molecular formula is C39H33N3. The van der Waals surface area contributed by atoms with Crippen molar-refractivity contribution < 1.29 is 0 Å². The number of nitrogens with zero attached hydrogens (tertiary/aromatic N) is 3. The number of aromatic nitrogens is 3. The molecule has 204 valence electrons. The smallest absolute Gasteiger partial charge is 0.0963 e. The van der Waals surface area contributed by atoms with Gasteiger partial charge in [-0.05, 0) is 128 Å². The van der Waals surface area contributed by atoms with Crippen LogP contribution in [0.4, 0.5) is 0 Å². The van der Waals surface area contributed by atoms with Gasteiger partial charge in [0, 0.05) is 33.7 Å². The number of benzene rings is 4. The average Bonchev–Trinajstić information content (AvgIpc) is 3.53. The number of rotatable bonds is 3. The average molecular weight is 544 g/mol. The third-order valence-electron chi connectivity index (χ3n) is 11.1. The lowest BCUT2D eigenvalue weighted by atomic mass is 9.48. The van der Waals surface area contributed by atoms with Crippen LogP contribution in [0.1, 0.15) is 44.1 Å². The van der Waals surface area contributed by atoms with Gasteiger partial charge in [-0.1, -0.05) is 42.5 Å².